The third-order valence-corrected chi connectivity index (χ3v) is 4.43. The maximum Gasteiger partial charge on any atom is 0.151 e. The molecule has 0 bridgehead atoms. The van der Waals surface area contributed by atoms with Crippen molar-refractivity contribution in [2.24, 2.45) is 0 Å². The first-order chi connectivity index (χ1) is 9.24. The Morgan fingerprint density at radius 1 is 1.00 bits per heavy atom. The van der Waals surface area contributed by atoms with Crippen molar-refractivity contribution in [1.29, 1.82) is 0 Å². The minimum atomic E-state index is 0.650. The zero-order valence-corrected chi connectivity index (χ0v) is 12.1. The van der Waals surface area contributed by atoms with E-state index in [1.807, 2.05) is 0 Å². The van der Waals surface area contributed by atoms with Gasteiger partial charge in [-0.15, -0.1) is 5.10 Å². The average molecular weight is 260 g/mol. The summed E-state index contributed by atoms with van der Waals surface area (Å²) in [5, 5.41) is 8.89. The summed E-state index contributed by atoms with van der Waals surface area (Å²) >= 11 is 0. The topological polar surface area (TPSA) is 32.3 Å². The van der Waals surface area contributed by atoms with E-state index in [2.05, 4.69) is 39.9 Å². The number of fused-ring (bicyclic) bond motifs is 1. The van der Waals surface area contributed by atoms with Crippen LogP contribution in [0.1, 0.15) is 37.9 Å². The molecule has 2 aliphatic rings. The van der Waals surface area contributed by atoms with Crippen molar-refractivity contribution in [1.82, 2.24) is 15.1 Å². The highest BCUT2D eigenvalue weighted by atomic mass is 15.3. The van der Waals surface area contributed by atoms with Crippen LogP contribution in [0.3, 0.4) is 0 Å². The lowest BCUT2D eigenvalue weighted by atomic mass is 9.97. The number of hydrogen-bond acceptors (Lipinski definition) is 4. The highest BCUT2D eigenvalue weighted by Crippen LogP contribution is 2.23. The molecule has 1 aromatic heterocycles. The Kier molecular flexibility index (Phi) is 3.69. The van der Waals surface area contributed by atoms with E-state index in [1.54, 1.807) is 0 Å². The number of piperazine rings is 1. The molecule has 0 atom stereocenters. The highest BCUT2D eigenvalue weighted by Gasteiger charge is 2.21. The molecule has 0 saturated carbocycles. The summed E-state index contributed by atoms with van der Waals surface area (Å²) in [4.78, 5) is 4.92. The maximum absolute atomic E-state index is 4.44. The molecule has 2 heterocycles. The van der Waals surface area contributed by atoms with Crippen molar-refractivity contribution in [2.45, 2.75) is 45.6 Å². The van der Waals surface area contributed by atoms with E-state index in [4.69, 9.17) is 0 Å². The Morgan fingerprint density at radius 3 is 2.47 bits per heavy atom. The Bertz CT molecular complexity index is 436. The number of hydrogen-bond donors (Lipinski definition) is 0. The van der Waals surface area contributed by atoms with Gasteiger partial charge in [0.2, 0.25) is 0 Å². The second-order valence-corrected chi connectivity index (χ2v) is 6.00. The lowest BCUT2D eigenvalue weighted by Crippen LogP contribution is -2.49. The van der Waals surface area contributed by atoms with Crippen LogP contribution in [0, 0.1) is 0 Å². The zero-order valence-electron chi connectivity index (χ0n) is 12.1. The smallest absolute Gasteiger partial charge is 0.151 e. The van der Waals surface area contributed by atoms with Crippen molar-refractivity contribution in [2.75, 3.05) is 31.1 Å². The fourth-order valence-corrected chi connectivity index (χ4v) is 3.10. The molecule has 3 rings (SSSR count). The summed E-state index contributed by atoms with van der Waals surface area (Å²) < 4.78 is 0. The Labute approximate surface area is 115 Å². The van der Waals surface area contributed by atoms with Gasteiger partial charge in [-0.05, 0) is 51.2 Å². The van der Waals surface area contributed by atoms with Gasteiger partial charge in [-0.2, -0.15) is 5.10 Å². The van der Waals surface area contributed by atoms with E-state index >= 15 is 0 Å². The molecule has 0 N–H and O–H groups in total. The molecule has 0 spiro atoms. The molecule has 1 aliphatic heterocycles. The number of aromatic nitrogens is 2. The predicted octanol–water partition coefficient (Wildman–Crippen LogP) is 1.89. The second-order valence-electron chi connectivity index (χ2n) is 6.00. The van der Waals surface area contributed by atoms with Gasteiger partial charge in [-0.3, -0.25) is 4.90 Å². The van der Waals surface area contributed by atoms with Crippen molar-refractivity contribution in [3.8, 4) is 0 Å². The van der Waals surface area contributed by atoms with Gasteiger partial charge in [-0.25, -0.2) is 0 Å². The SMILES string of the molecule is CC(C)N1CCN(c2cc3c(nn2)CCCC3)CC1. The molecular weight excluding hydrogens is 236 g/mol. The van der Waals surface area contributed by atoms with E-state index in [1.165, 1.54) is 30.5 Å². The van der Waals surface area contributed by atoms with Crippen LogP contribution < -0.4 is 4.90 Å². The molecule has 4 nitrogen and oxygen atoms in total. The number of aryl methyl sites for hydroxylation is 2. The predicted molar refractivity (Wildman–Crippen MR) is 77.6 cm³/mol. The molecular formula is C15H24N4. The monoisotopic (exact) mass is 260 g/mol. The molecule has 104 valence electrons. The fraction of sp³-hybridized carbons (Fsp3) is 0.733. The summed E-state index contributed by atoms with van der Waals surface area (Å²) in [6.07, 6.45) is 4.88. The van der Waals surface area contributed by atoms with E-state index in [9.17, 15) is 0 Å². The van der Waals surface area contributed by atoms with Gasteiger partial charge in [0.05, 0.1) is 5.69 Å². The molecule has 1 aromatic rings. The van der Waals surface area contributed by atoms with Crippen molar-refractivity contribution in [3.63, 3.8) is 0 Å². The van der Waals surface area contributed by atoms with Crippen molar-refractivity contribution in [3.05, 3.63) is 17.3 Å². The minimum Gasteiger partial charge on any atom is -0.353 e. The Morgan fingerprint density at radius 2 is 1.74 bits per heavy atom. The Balaban J connectivity index is 1.70. The first-order valence-electron chi connectivity index (χ1n) is 7.58. The number of anilines is 1. The van der Waals surface area contributed by atoms with Gasteiger partial charge in [0.25, 0.3) is 0 Å². The average Bonchev–Trinajstić information content (AvgIpc) is 2.47. The number of nitrogens with zero attached hydrogens (tertiary/aromatic N) is 4. The molecule has 0 radical (unpaired) electrons. The molecule has 0 amide bonds. The first-order valence-corrected chi connectivity index (χ1v) is 7.58. The van der Waals surface area contributed by atoms with Gasteiger partial charge in [0, 0.05) is 32.2 Å². The third kappa shape index (κ3) is 2.73. The van der Waals surface area contributed by atoms with Crippen LogP contribution >= 0.6 is 0 Å². The number of rotatable bonds is 2. The molecule has 0 unspecified atom stereocenters. The standard InChI is InChI=1S/C15H24N4/c1-12(2)18-7-9-19(10-8-18)15-11-13-5-3-4-6-14(13)16-17-15/h11-12H,3-10H2,1-2H3. The highest BCUT2D eigenvalue weighted by molar-refractivity contribution is 5.42. The maximum atomic E-state index is 4.44. The first kappa shape index (κ1) is 12.9. The largest absolute Gasteiger partial charge is 0.353 e. The van der Waals surface area contributed by atoms with Crippen LogP contribution in [0.2, 0.25) is 0 Å². The summed E-state index contributed by atoms with van der Waals surface area (Å²) in [5.41, 5.74) is 2.67. The van der Waals surface area contributed by atoms with Crippen LogP contribution in [0.15, 0.2) is 6.07 Å². The summed E-state index contributed by atoms with van der Waals surface area (Å²) in [5.74, 6) is 1.09. The quantitative estimate of drug-likeness (QED) is 0.813. The van der Waals surface area contributed by atoms with Gasteiger partial charge < -0.3 is 4.90 Å². The zero-order chi connectivity index (χ0) is 13.2. The van der Waals surface area contributed by atoms with Gasteiger partial charge in [0.15, 0.2) is 5.82 Å². The molecule has 19 heavy (non-hydrogen) atoms. The van der Waals surface area contributed by atoms with Gasteiger partial charge >= 0.3 is 0 Å². The third-order valence-electron chi connectivity index (χ3n) is 4.43. The summed E-state index contributed by atoms with van der Waals surface area (Å²) in [7, 11) is 0. The normalized spacial score (nSPS) is 20.7. The molecule has 1 aliphatic carbocycles. The van der Waals surface area contributed by atoms with Crippen LogP contribution in [0.4, 0.5) is 5.82 Å². The van der Waals surface area contributed by atoms with Crippen LogP contribution in [0.5, 0.6) is 0 Å². The lowest BCUT2D eigenvalue weighted by Gasteiger charge is -2.37. The summed E-state index contributed by atoms with van der Waals surface area (Å²) in [6.45, 7) is 8.97. The van der Waals surface area contributed by atoms with Crippen LogP contribution in [-0.2, 0) is 12.8 Å². The fourth-order valence-electron chi connectivity index (χ4n) is 3.10. The van der Waals surface area contributed by atoms with Crippen LogP contribution in [0.25, 0.3) is 0 Å². The van der Waals surface area contributed by atoms with E-state index in [-0.39, 0.29) is 0 Å². The summed E-state index contributed by atoms with van der Waals surface area (Å²) in [6, 6.07) is 2.93. The molecule has 0 aromatic carbocycles. The van der Waals surface area contributed by atoms with E-state index < -0.39 is 0 Å². The van der Waals surface area contributed by atoms with Crippen molar-refractivity contribution >= 4 is 5.82 Å². The van der Waals surface area contributed by atoms with E-state index in [0.717, 1.165) is 38.4 Å². The molecule has 1 fully saturated rings. The second kappa shape index (κ2) is 5.45. The van der Waals surface area contributed by atoms with Gasteiger partial charge in [-0.1, -0.05) is 0 Å². The minimum absolute atomic E-state index is 0.650. The molecule has 1 saturated heterocycles. The molecule has 4 heteroatoms. The lowest BCUT2D eigenvalue weighted by molar-refractivity contribution is 0.209. The van der Waals surface area contributed by atoms with E-state index in [0.29, 0.717) is 6.04 Å². The van der Waals surface area contributed by atoms with Gasteiger partial charge in [0.1, 0.15) is 0 Å². The Hall–Kier alpha value is -1.16. The van der Waals surface area contributed by atoms with Crippen LogP contribution in [-0.4, -0.2) is 47.3 Å². The van der Waals surface area contributed by atoms with Crippen molar-refractivity contribution < 1.29 is 0 Å².